The fourth-order valence-electron chi connectivity index (χ4n) is 2.52. The first-order chi connectivity index (χ1) is 9.99. The van der Waals surface area contributed by atoms with E-state index in [0.29, 0.717) is 22.6 Å². The molecule has 0 heterocycles. The van der Waals surface area contributed by atoms with Crippen LogP contribution in [0.2, 0.25) is 0 Å². The zero-order valence-electron chi connectivity index (χ0n) is 12.7. The number of anilines is 1. The number of hydrogen-bond donors (Lipinski definition) is 1. The van der Waals surface area contributed by atoms with Gasteiger partial charge >= 0.3 is 0 Å². The van der Waals surface area contributed by atoms with Crippen LogP contribution in [0, 0.1) is 13.8 Å². The van der Waals surface area contributed by atoms with Crippen molar-refractivity contribution in [3.8, 4) is 11.5 Å². The van der Waals surface area contributed by atoms with Crippen molar-refractivity contribution < 1.29 is 14.3 Å². The van der Waals surface area contributed by atoms with E-state index in [4.69, 9.17) is 15.2 Å². The molecule has 2 N–H and O–H groups in total. The number of ketones is 1. The number of nitrogen functional groups attached to an aromatic ring is 1. The molecule has 0 unspecified atom stereocenters. The highest BCUT2D eigenvalue weighted by Gasteiger charge is 2.18. The molecule has 0 saturated heterocycles. The summed E-state index contributed by atoms with van der Waals surface area (Å²) >= 11 is 0. The van der Waals surface area contributed by atoms with Crippen LogP contribution < -0.4 is 15.2 Å². The van der Waals surface area contributed by atoms with Crippen LogP contribution in [-0.4, -0.2) is 20.0 Å². The Hall–Kier alpha value is -2.49. The van der Waals surface area contributed by atoms with E-state index in [0.717, 1.165) is 16.9 Å². The standard InChI is InChI=1S/C17H19NO3/c1-10-8-12(9-11(2)16(10)20-3)15(19)13-6-5-7-14(18)17(13)21-4/h5-9H,18H2,1-4H3. The van der Waals surface area contributed by atoms with E-state index in [2.05, 4.69) is 0 Å². The molecule has 2 aromatic rings. The minimum absolute atomic E-state index is 0.118. The lowest BCUT2D eigenvalue weighted by Gasteiger charge is -2.13. The van der Waals surface area contributed by atoms with Crippen molar-refractivity contribution in [2.75, 3.05) is 20.0 Å². The first kappa shape index (κ1) is 14.9. The predicted octanol–water partition coefficient (Wildman–Crippen LogP) is 3.13. The smallest absolute Gasteiger partial charge is 0.196 e. The summed E-state index contributed by atoms with van der Waals surface area (Å²) in [5, 5.41) is 0. The van der Waals surface area contributed by atoms with E-state index >= 15 is 0 Å². The Morgan fingerprint density at radius 2 is 1.57 bits per heavy atom. The van der Waals surface area contributed by atoms with Crippen LogP contribution in [0.4, 0.5) is 5.69 Å². The van der Waals surface area contributed by atoms with E-state index in [1.54, 1.807) is 25.3 Å². The van der Waals surface area contributed by atoms with Gasteiger partial charge in [-0.2, -0.15) is 0 Å². The van der Waals surface area contributed by atoms with Gasteiger partial charge in [0.2, 0.25) is 0 Å². The highest BCUT2D eigenvalue weighted by molar-refractivity contribution is 6.11. The van der Waals surface area contributed by atoms with Gasteiger partial charge in [0.25, 0.3) is 0 Å². The predicted molar refractivity (Wildman–Crippen MR) is 83.3 cm³/mol. The zero-order chi connectivity index (χ0) is 15.6. The molecule has 110 valence electrons. The van der Waals surface area contributed by atoms with E-state index in [-0.39, 0.29) is 5.78 Å². The van der Waals surface area contributed by atoms with Crippen LogP contribution in [0.25, 0.3) is 0 Å². The van der Waals surface area contributed by atoms with Gasteiger partial charge in [-0.15, -0.1) is 0 Å². The Labute approximate surface area is 124 Å². The van der Waals surface area contributed by atoms with Crippen molar-refractivity contribution in [2.45, 2.75) is 13.8 Å². The summed E-state index contributed by atoms with van der Waals surface area (Å²) in [5.74, 6) is 1.09. The number of hydrogen-bond acceptors (Lipinski definition) is 4. The maximum Gasteiger partial charge on any atom is 0.196 e. The minimum atomic E-state index is -0.118. The number of methoxy groups -OCH3 is 2. The van der Waals surface area contributed by atoms with E-state index in [1.807, 2.05) is 26.0 Å². The van der Waals surface area contributed by atoms with Gasteiger partial charge in [0.1, 0.15) is 5.75 Å². The topological polar surface area (TPSA) is 61.5 Å². The average molecular weight is 285 g/mol. The monoisotopic (exact) mass is 285 g/mol. The van der Waals surface area contributed by atoms with Crippen molar-refractivity contribution in [3.05, 3.63) is 52.6 Å². The number of carbonyl (C=O) groups is 1. The Balaban J connectivity index is 2.53. The van der Waals surface area contributed by atoms with Gasteiger partial charge in [0.15, 0.2) is 11.5 Å². The molecule has 0 atom stereocenters. The first-order valence-electron chi connectivity index (χ1n) is 6.62. The van der Waals surface area contributed by atoms with Crippen LogP contribution in [0.15, 0.2) is 30.3 Å². The number of rotatable bonds is 4. The van der Waals surface area contributed by atoms with Gasteiger partial charge in [-0.25, -0.2) is 0 Å². The molecule has 0 amide bonds. The third-order valence-corrected chi connectivity index (χ3v) is 3.42. The van der Waals surface area contributed by atoms with Gasteiger partial charge in [0.05, 0.1) is 25.5 Å². The summed E-state index contributed by atoms with van der Waals surface area (Å²) < 4.78 is 10.6. The molecular formula is C17H19NO3. The van der Waals surface area contributed by atoms with Crippen LogP contribution in [0.1, 0.15) is 27.0 Å². The van der Waals surface area contributed by atoms with Crippen molar-refractivity contribution in [2.24, 2.45) is 0 Å². The lowest BCUT2D eigenvalue weighted by atomic mass is 9.97. The lowest BCUT2D eigenvalue weighted by Crippen LogP contribution is -2.07. The number of aryl methyl sites for hydroxylation is 2. The second-order valence-electron chi connectivity index (χ2n) is 4.90. The summed E-state index contributed by atoms with van der Waals surface area (Å²) in [5.41, 5.74) is 9.20. The maximum atomic E-state index is 12.7. The molecule has 4 heteroatoms. The molecule has 0 aliphatic carbocycles. The van der Waals surface area contributed by atoms with Gasteiger partial charge in [-0.05, 0) is 49.2 Å². The molecule has 0 spiro atoms. The number of carbonyl (C=O) groups excluding carboxylic acids is 1. The Morgan fingerprint density at radius 3 is 2.10 bits per heavy atom. The molecule has 2 aromatic carbocycles. The second kappa shape index (κ2) is 5.87. The van der Waals surface area contributed by atoms with Gasteiger partial charge in [0, 0.05) is 5.56 Å². The Bertz CT molecular complexity index is 669. The largest absolute Gasteiger partial charge is 0.496 e. The number of benzene rings is 2. The molecule has 0 radical (unpaired) electrons. The van der Waals surface area contributed by atoms with Gasteiger partial charge in [-0.1, -0.05) is 6.07 Å². The van der Waals surface area contributed by atoms with E-state index in [1.165, 1.54) is 7.11 Å². The molecule has 21 heavy (non-hydrogen) atoms. The second-order valence-corrected chi connectivity index (χ2v) is 4.90. The van der Waals surface area contributed by atoms with Crippen molar-refractivity contribution in [3.63, 3.8) is 0 Å². The highest BCUT2D eigenvalue weighted by atomic mass is 16.5. The van der Waals surface area contributed by atoms with Crippen molar-refractivity contribution in [1.29, 1.82) is 0 Å². The third kappa shape index (κ3) is 2.70. The van der Waals surface area contributed by atoms with Crippen LogP contribution >= 0.6 is 0 Å². The fourth-order valence-corrected chi connectivity index (χ4v) is 2.52. The molecule has 0 saturated carbocycles. The molecule has 2 rings (SSSR count). The first-order valence-corrected chi connectivity index (χ1v) is 6.62. The zero-order valence-corrected chi connectivity index (χ0v) is 12.7. The fraction of sp³-hybridized carbons (Fsp3) is 0.235. The van der Waals surface area contributed by atoms with Crippen LogP contribution in [0.5, 0.6) is 11.5 Å². The van der Waals surface area contributed by atoms with Gasteiger partial charge in [-0.3, -0.25) is 4.79 Å². The van der Waals surface area contributed by atoms with E-state index < -0.39 is 0 Å². The summed E-state index contributed by atoms with van der Waals surface area (Å²) in [6, 6.07) is 8.80. The summed E-state index contributed by atoms with van der Waals surface area (Å²) in [7, 11) is 3.13. The quantitative estimate of drug-likeness (QED) is 0.692. The van der Waals surface area contributed by atoms with Crippen LogP contribution in [0.3, 0.4) is 0 Å². The maximum absolute atomic E-state index is 12.7. The van der Waals surface area contributed by atoms with Crippen molar-refractivity contribution >= 4 is 11.5 Å². The lowest BCUT2D eigenvalue weighted by molar-refractivity contribution is 0.103. The SMILES string of the molecule is COc1c(C)cc(C(=O)c2cccc(N)c2OC)cc1C. The van der Waals surface area contributed by atoms with E-state index in [9.17, 15) is 4.79 Å². The normalized spacial score (nSPS) is 10.3. The van der Waals surface area contributed by atoms with Gasteiger partial charge < -0.3 is 15.2 Å². The van der Waals surface area contributed by atoms with Crippen molar-refractivity contribution in [1.82, 2.24) is 0 Å². The molecule has 0 aliphatic rings. The average Bonchev–Trinajstić information content (AvgIpc) is 2.45. The number of nitrogens with two attached hydrogens (primary N) is 1. The molecule has 0 aromatic heterocycles. The third-order valence-electron chi connectivity index (χ3n) is 3.42. The summed E-state index contributed by atoms with van der Waals surface area (Å²) in [6.07, 6.45) is 0. The van der Waals surface area contributed by atoms with Crippen LogP contribution in [-0.2, 0) is 0 Å². The number of para-hydroxylation sites is 1. The molecule has 0 bridgehead atoms. The highest BCUT2D eigenvalue weighted by Crippen LogP contribution is 2.30. The summed E-state index contributed by atoms with van der Waals surface area (Å²) in [6.45, 7) is 3.83. The number of ether oxygens (including phenoxy) is 2. The molecule has 0 fully saturated rings. The molecule has 4 nitrogen and oxygen atoms in total. The Morgan fingerprint density at radius 1 is 1.00 bits per heavy atom. The summed E-state index contributed by atoms with van der Waals surface area (Å²) in [4.78, 5) is 12.7. The molecular weight excluding hydrogens is 266 g/mol. The molecule has 0 aliphatic heterocycles. The minimum Gasteiger partial charge on any atom is -0.496 e. The Kier molecular flexibility index (Phi) is 4.17.